The van der Waals surface area contributed by atoms with Gasteiger partial charge in [0, 0.05) is 32.7 Å². The Kier molecular flexibility index (Phi) is 7.01. The molecule has 3 aromatic heterocycles. The van der Waals surface area contributed by atoms with Gasteiger partial charge in [0.2, 0.25) is 5.95 Å². The summed E-state index contributed by atoms with van der Waals surface area (Å²) in [6.07, 6.45) is 0. The molecule has 0 aliphatic heterocycles. The molecule has 0 unspecified atom stereocenters. The number of furan rings is 1. The molecule has 2 aliphatic carbocycles. The number of rotatable bonds is 4. The number of benzene rings is 9. The molecule has 0 radical (unpaired) electrons. The smallest absolute Gasteiger partial charge is 0.235 e. The van der Waals surface area contributed by atoms with Crippen LogP contribution < -0.4 is 0 Å². The molecule has 0 saturated carbocycles. The van der Waals surface area contributed by atoms with Gasteiger partial charge in [-0.15, -0.1) is 0 Å². The lowest BCUT2D eigenvalue weighted by molar-refractivity contribution is 0.666. The van der Waals surface area contributed by atoms with Gasteiger partial charge in [-0.3, -0.25) is 4.57 Å². The van der Waals surface area contributed by atoms with Gasteiger partial charge in [0.25, 0.3) is 0 Å². The average Bonchev–Trinajstić information content (AvgIpc) is 4.06. The first kappa shape index (κ1) is 34.4. The zero-order valence-corrected chi connectivity index (χ0v) is 34.0. The van der Waals surface area contributed by atoms with Crippen LogP contribution in [0.5, 0.6) is 0 Å². The van der Waals surface area contributed by atoms with Gasteiger partial charge in [0.1, 0.15) is 11.2 Å². The maximum Gasteiger partial charge on any atom is 0.235 e. The third-order valence-electron chi connectivity index (χ3n) is 13.6. The van der Waals surface area contributed by atoms with E-state index in [4.69, 9.17) is 14.4 Å². The summed E-state index contributed by atoms with van der Waals surface area (Å²) in [6, 6.07) is 76.4. The molecule has 1 spiro atoms. The summed E-state index contributed by atoms with van der Waals surface area (Å²) in [4.78, 5) is 10.5. The van der Waals surface area contributed by atoms with Crippen molar-refractivity contribution in [3.05, 3.63) is 235 Å². The summed E-state index contributed by atoms with van der Waals surface area (Å²) in [5.41, 5.74) is 19.9. The highest BCUT2D eigenvalue weighted by molar-refractivity contribution is 6.12. The van der Waals surface area contributed by atoms with Gasteiger partial charge < -0.3 is 4.42 Å². The summed E-state index contributed by atoms with van der Waals surface area (Å²) >= 11 is 0. The van der Waals surface area contributed by atoms with Crippen LogP contribution in [-0.2, 0) is 5.41 Å². The number of fused-ring (bicyclic) bond motifs is 16. The molecule has 63 heavy (non-hydrogen) atoms. The fourth-order valence-corrected chi connectivity index (χ4v) is 11.0. The molecule has 0 saturated heterocycles. The third-order valence-corrected chi connectivity index (χ3v) is 13.6. The van der Waals surface area contributed by atoms with Gasteiger partial charge in [-0.25, -0.2) is 9.97 Å². The van der Waals surface area contributed by atoms with Crippen molar-refractivity contribution in [3.63, 3.8) is 0 Å². The Labute approximate surface area is 363 Å². The summed E-state index contributed by atoms with van der Waals surface area (Å²) in [6.45, 7) is 0. The Morgan fingerprint density at radius 3 is 1.49 bits per heavy atom. The van der Waals surface area contributed by atoms with Gasteiger partial charge in [0.15, 0.2) is 0 Å². The second-order valence-corrected chi connectivity index (χ2v) is 16.8. The van der Waals surface area contributed by atoms with Crippen molar-refractivity contribution in [2.75, 3.05) is 0 Å². The number of aromatic nitrogens is 3. The molecule has 0 fully saturated rings. The molecule has 2 aliphatic rings. The topological polar surface area (TPSA) is 43.9 Å². The Balaban J connectivity index is 0.949. The number of nitrogens with zero attached hydrogens (tertiary/aromatic N) is 3. The normalized spacial score (nSPS) is 13.2. The highest BCUT2D eigenvalue weighted by Gasteiger charge is 2.51. The number of para-hydroxylation sites is 1. The maximum absolute atomic E-state index is 6.93. The van der Waals surface area contributed by atoms with Crippen LogP contribution in [0.1, 0.15) is 22.3 Å². The average molecular weight is 802 g/mol. The minimum atomic E-state index is -0.419. The lowest BCUT2D eigenvalue weighted by Gasteiger charge is -2.30. The quantitative estimate of drug-likeness (QED) is 0.178. The second-order valence-electron chi connectivity index (χ2n) is 16.8. The highest BCUT2D eigenvalue weighted by atomic mass is 16.3. The molecule has 4 heteroatoms. The standard InChI is InChI=1S/C59H35N3O/c1-3-15-36(16-4-1)52-35-53(37-17-5-2-6-18-37)61-58(60-52)62-54-26-14-10-22-43(54)44-29-27-38(31-55(44)62)39-28-30-45-47-33-46-42-21-9-13-25-50(42)59(51(46)34-57(47)63-56(45)32-39)48-23-11-7-19-40(48)41-20-8-12-24-49(41)59/h1-35H. The monoisotopic (exact) mass is 801 g/mol. The second kappa shape index (κ2) is 12.8. The lowest BCUT2D eigenvalue weighted by atomic mass is 9.70. The van der Waals surface area contributed by atoms with Crippen molar-refractivity contribution in [3.8, 4) is 61.8 Å². The van der Waals surface area contributed by atoms with E-state index in [-0.39, 0.29) is 0 Å². The molecule has 0 atom stereocenters. The van der Waals surface area contributed by atoms with E-state index in [2.05, 4.69) is 205 Å². The van der Waals surface area contributed by atoms with E-state index in [9.17, 15) is 0 Å². The zero-order chi connectivity index (χ0) is 41.2. The molecule has 9 aromatic carbocycles. The Morgan fingerprint density at radius 2 is 0.841 bits per heavy atom. The molecule has 14 rings (SSSR count). The predicted molar refractivity (Wildman–Crippen MR) is 256 cm³/mol. The fraction of sp³-hybridized carbons (Fsp3) is 0.0169. The number of hydrogen-bond acceptors (Lipinski definition) is 3. The fourth-order valence-electron chi connectivity index (χ4n) is 11.0. The van der Waals surface area contributed by atoms with Gasteiger partial charge in [-0.2, -0.15) is 0 Å². The van der Waals surface area contributed by atoms with Crippen LogP contribution in [0, 0.1) is 0 Å². The largest absolute Gasteiger partial charge is 0.456 e. The molecule has 0 N–H and O–H groups in total. The van der Waals surface area contributed by atoms with Crippen molar-refractivity contribution in [2.24, 2.45) is 0 Å². The molecule has 292 valence electrons. The molecule has 12 aromatic rings. The van der Waals surface area contributed by atoms with E-state index in [1.165, 1.54) is 44.5 Å². The lowest BCUT2D eigenvalue weighted by Crippen LogP contribution is -2.25. The molecular formula is C59H35N3O. The van der Waals surface area contributed by atoms with Crippen LogP contribution in [-0.4, -0.2) is 14.5 Å². The van der Waals surface area contributed by atoms with Crippen LogP contribution in [0.4, 0.5) is 0 Å². The van der Waals surface area contributed by atoms with Crippen LogP contribution in [0.2, 0.25) is 0 Å². The van der Waals surface area contributed by atoms with Crippen molar-refractivity contribution in [1.29, 1.82) is 0 Å². The van der Waals surface area contributed by atoms with E-state index in [0.717, 1.165) is 77.4 Å². The minimum Gasteiger partial charge on any atom is -0.456 e. The van der Waals surface area contributed by atoms with Crippen LogP contribution in [0.25, 0.3) is 106 Å². The van der Waals surface area contributed by atoms with Gasteiger partial charge in [-0.05, 0) is 98.1 Å². The van der Waals surface area contributed by atoms with Crippen molar-refractivity contribution in [1.82, 2.24) is 14.5 Å². The van der Waals surface area contributed by atoms with Crippen LogP contribution in [0.15, 0.2) is 217 Å². The maximum atomic E-state index is 6.93. The van der Waals surface area contributed by atoms with E-state index < -0.39 is 5.41 Å². The summed E-state index contributed by atoms with van der Waals surface area (Å²) in [7, 11) is 0. The third kappa shape index (κ3) is 4.75. The molecule has 3 heterocycles. The molecule has 0 bridgehead atoms. The summed E-state index contributed by atoms with van der Waals surface area (Å²) in [5.74, 6) is 0.631. The van der Waals surface area contributed by atoms with E-state index >= 15 is 0 Å². The number of hydrogen-bond donors (Lipinski definition) is 0. The van der Waals surface area contributed by atoms with Gasteiger partial charge >= 0.3 is 0 Å². The SMILES string of the molecule is c1ccc(-c2cc(-c3ccccc3)nc(-n3c4ccccc4c4ccc(-c5ccc6c(c5)oc5cc7c(cc56)-c5ccccc5C75c6ccccc6-c6ccccc65)cc43)n2)cc1. The Bertz CT molecular complexity index is 3760. The van der Waals surface area contributed by atoms with Gasteiger partial charge in [0.05, 0.1) is 27.8 Å². The van der Waals surface area contributed by atoms with Gasteiger partial charge in [-0.1, -0.05) is 170 Å². The highest BCUT2D eigenvalue weighted by Crippen LogP contribution is 2.63. The Morgan fingerprint density at radius 1 is 0.333 bits per heavy atom. The Hall–Kier alpha value is -8.34. The van der Waals surface area contributed by atoms with Crippen LogP contribution in [0.3, 0.4) is 0 Å². The van der Waals surface area contributed by atoms with Crippen molar-refractivity contribution in [2.45, 2.75) is 5.41 Å². The summed E-state index contributed by atoms with van der Waals surface area (Å²) < 4.78 is 9.15. The van der Waals surface area contributed by atoms with Crippen LogP contribution >= 0.6 is 0 Å². The van der Waals surface area contributed by atoms with E-state index in [1.54, 1.807) is 0 Å². The van der Waals surface area contributed by atoms with Crippen molar-refractivity contribution < 1.29 is 4.42 Å². The zero-order valence-electron chi connectivity index (χ0n) is 34.0. The molecular weight excluding hydrogens is 767 g/mol. The molecule has 0 amide bonds. The molecule has 4 nitrogen and oxygen atoms in total. The first-order chi connectivity index (χ1) is 31.2. The first-order valence-electron chi connectivity index (χ1n) is 21.6. The predicted octanol–water partition coefficient (Wildman–Crippen LogP) is 14.8. The van der Waals surface area contributed by atoms with Crippen molar-refractivity contribution >= 4 is 43.7 Å². The van der Waals surface area contributed by atoms with E-state index in [0.29, 0.717) is 5.95 Å². The van der Waals surface area contributed by atoms with E-state index in [1.807, 2.05) is 12.1 Å². The summed E-state index contributed by atoms with van der Waals surface area (Å²) in [5, 5.41) is 4.54. The first-order valence-corrected chi connectivity index (χ1v) is 21.6. The minimum absolute atomic E-state index is 0.419.